The van der Waals surface area contributed by atoms with Gasteiger partial charge in [-0.05, 0) is 61.0 Å². The Morgan fingerprint density at radius 1 is 0.738 bits per heavy atom. The Balaban J connectivity index is 1.45. The van der Waals surface area contributed by atoms with Crippen LogP contribution < -0.4 is 20.4 Å². The summed E-state index contributed by atoms with van der Waals surface area (Å²) < 4.78 is 27.1. The average molecular weight is 569 g/mol. The lowest BCUT2D eigenvalue weighted by Gasteiger charge is -2.25. The second-order valence-corrected chi connectivity index (χ2v) is 9.69. The number of amides is 4. The van der Waals surface area contributed by atoms with Gasteiger partial charge in [-0.25, -0.2) is 8.78 Å². The lowest BCUT2D eigenvalue weighted by atomic mass is 10.1. The van der Waals surface area contributed by atoms with Gasteiger partial charge in [0.25, 0.3) is 11.8 Å². The molecule has 4 amide bonds. The summed E-state index contributed by atoms with van der Waals surface area (Å²) in [5, 5.41) is 4.98. The van der Waals surface area contributed by atoms with Crippen LogP contribution in [0.25, 0.3) is 0 Å². The van der Waals surface area contributed by atoms with E-state index in [0.29, 0.717) is 28.8 Å². The molecular formula is C32H26F2N4O4. The van der Waals surface area contributed by atoms with Crippen molar-refractivity contribution in [3.63, 3.8) is 0 Å². The van der Waals surface area contributed by atoms with Crippen LogP contribution in [0.1, 0.15) is 12.5 Å². The summed E-state index contributed by atoms with van der Waals surface area (Å²) >= 11 is 0. The van der Waals surface area contributed by atoms with Crippen molar-refractivity contribution in [1.29, 1.82) is 0 Å². The second kappa shape index (κ2) is 12.0. The zero-order valence-corrected chi connectivity index (χ0v) is 22.5. The normalized spacial score (nSPS) is 14.2. The van der Waals surface area contributed by atoms with Gasteiger partial charge in [-0.1, -0.05) is 48.5 Å². The van der Waals surface area contributed by atoms with E-state index in [-0.39, 0.29) is 12.0 Å². The summed E-state index contributed by atoms with van der Waals surface area (Å²) in [5.41, 5.74) is 1.93. The van der Waals surface area contributed by atoms with Crippen LogP contribution in [0.15, 0.2) is 103 Å². The maximum Gasteiger partial charge on any atom is 0.264 e. The van der Waals surface area contributed by atoms with Crippen molar-refractivity contribution in [1.82, 2.24) is 10.6 Å². The molecule has 0 radical (unpaired) electrons. The molecule has 5 rings (SSSR count). The molecule has 0 fully saturated rings. The minimum absolute atomic E-state index is 0.0847. The summed E-state index contributed by atoms with van der Waals surface area (Å²) in [7, 11) is 0. The van der Waals surface area contributed by atoms with Crippen LogP contribution in [-0.2, 0) is 25.6 Å². The van der Waals surface area contributed by atoms with Crippen LogP contribution >= 0.6 is 0 Å². The number of anilines is 4. The van der Waals surface area contributed by atoms with Gasteiger partial charge in [-0.15, -0.1) is 0 Å². The van der Waals surface area contributed by atoms with Crippen molar-refractivity contribution in [2.75, 3.05) is 9.80 Å². The van der Waals surface area contributed by atoms with Crippen LogP contribution in [0.5, 0.6) is 0 Å². The Bertz CT molecular complexity index is 1550. The van der Waals surface area contributed by atoms with Crippen molar-refractivity contribution in [2.45, 2.75) is 25.4 Å². The van der Waals surface area contributed by atoms with Crippen LogP contribution in [0.3, 0.4) is 0 Å². The summed E-state index contributed by atoms with van der Waals surface area (Å²) in [6, 6.07) is 24.3. The average Bonchev–Trinajstić information content (AvgIpc) is 3.05. The zero-order chi connectivity index (χ0) is 29.8. The molecule has 0 saturated carbocycles. The summed E-state index contributed by atoms with van der Waals surface area (Å²) in [4.78, 5) is 56.8. The third-order valence-electron chi connectivity index (χ3n) is 6.67. The lowest BCUT2D eigenvalue weighted by molar-refractivity contribution is -0.134. The van der Waals surface area contributed by atoms with Gasteiger partial charge in [0.05, 0.1) is 17.8 Å². The number of fused-ring (bicyclic) bond motifs is 1. The molecule has 42 heavy (non-hydrogen) atoms. The van der Waals surface area contributed by atoms with Crippen molar-refractivity contribution in [2.24, 2.45) is 0 Å². The van der Waals surface area contributed by atoms with Gasteiger partial charge in [0.15, 0.2) is 6.04 Å². The van der Waals surface area contributed by atoms with Gasteiger partial charge in [0.1, 0.15) is 17.7 Å². The first-order valence-corrected chi connectivity index (χ1v) is 13.1. The Morgan fingerprint density at radius 2 is 1.19 bits per heavy atom. The Kier molecular flexibility index (Phi) is 8.05. The highest BCUT2D eigenvalue weighted by Gasteiger charge is 2.43. The quantitative estimate of drug-likeness (QED) is 0.320. The van der Waals surface area contributed by atoms with E-state index in [1.165, 1.54) is 16.7 Å². The molecule has 10 heteroatoms. The smallest absolute Gasteiger partial charge is 0.264 e. The highest BCUT2D eigenvalue weighted by Crippen LogP contribution is 2.41. The molecule has 4 aromatic rings. The molecule has 1 atom stereocenters. The molecule has 2 N–H and O–H groups in total. The standard InChI is InChI=1S/C32H26F2N4O4/c1-20(35-28(39)18-21-16-22(33)19-23(34)17-21)30(40)36-29-31(41)37(24-10-4-2-5-11-24)26-14-8-9-15-27(26)38(32(29)42)25-12-6-3-7-13-25/h2-17,19-20,29H,18H2,1H3,(H,35,39)(H,36,40)/t20-/m0/s1. The maximum atomic E-state index is 14.1. The van der Waals surface area contributed by atoms with E-state index >= 15 is 0 Å². The molecule has 1 aliphatic heterocycles. The second-order valence-electron chi connectivity index (χ2n) is 9.69. The Morgan fingerprint density at radius 3 is 1.67 bits per heavy atom. The number of halogens is 2. The van der Waals surface area contributed by atoms with Crippen LogP contribution in [-0.4, -0.2) is 35.7 Å². The maximum absolute atomic E-state index is 14.1. The van der Waals surface area contributed by atoms with Crippen LogP contribution in [0, 0.1) is 11.6 Å². The number of hydrogen-bond acceptors (Lipinski definition) is 4. The predicted octanol–water partition coefficient (Wildman–Crippen LogP) is 4.54. The predicted molar refractivity (Wildman–Crippen MR) is 153 cm³/mol. The third kappa shape index (κ3) is 5.87. The molecule has 0 saturated heterocycles. The van der Waals surface area contributed by atoms with Gasteiger partial charge in [-0.3, -0.25) is 29.0 Å². The minimum atomic E-state index is -1.65. The van der Waals surface area contributed by atoms with Crippen molar-refractivity contribution in [3.8, 4) is 0 Å². The molecule has 212 valence electrons. The summed E-state index contributed by atoms with van der Waals surface area (Å²) in [5.74, 6) is -4.53. The van der Waals surface area contributed by atoms with Crippen molar-refractivity contribution in [3.05, 3.63) is 120 Å². The van der Waals surface area contributed by atoms with Gasteiger partial charge in [0, 0.05) is 17.4 Å². The van der Waals surface area contributed by atoms with Gasteiger partial charge in [-0.2, -0.15) is 0 Å². The van der Waals surface area contributed by atoms with E-state index in [2.05, 4.69) is 10.6 Å². The van der Waals surface area contributed by atoms with Gasteiger partial charge < -0.3 is 10.6 Å². The molecule has 0 bridgehead atoms. The molecule has 0 aromatic heterocycles. The van der Waals surface area contributed by atoms with E-state index in [0.717, 1.165) is 12.1 Å². The molecule has 1 aliphatic rings. The van der Waals surface area contributed by atoms with E-state index in [9.17, 15) is 28.0 Å². The minimum Gasteiger partial charge on any atom is -0.344 e. The SMILES string of the molecule is C[C@H](NC(=O)Cc1cc(F)cc(F)c1)C(=O)NC1C(=O)N(c2ccccc2)c2ccccc2N(c2ccccc2)C1=O. The molecular weight excluding hydrogens is 542 g/mol. The summed E-state index contributed by atoms with van der Waals surface area (Å²) in [6.07, 6.45) is -0.382. The van der Waals surface area contributed by atoms with Crippen molar-refractivity contribution >= 4 is 46.4 Å². The number of nitrogens with zero attached hydrogens (tertiary/aromatic N) is 2. The third-order valence-corrected chi connectivity index (χ3v) is 6.67. The monoisotopic (exact) mass is 568 g/mol. The molecule has 0 aliphatic carbocycles. The van der Waals surface area contributed by atoms with Gasteiger partial charge in [0.2, 0.25) is 11.8 Å². The van der Waals surface area contributed by atoms with E-state index in [1.807, 2.05) is 0 Å². The fourth-order valence-electron chi connectivity index (χ4n) is 4.78. The fraction of sp³-hybridized carbons (Fsp3) is 0.125. The number of carbonyl (C=O) groups excluding carboxylic acids is 4. The van der Waals surface area contributed by atoms with Crippen molar-refractivity contribution < 1.29 is 28.0 Å². The molecule has 8 nitrogen and oxygen atoms in total. The Labute approximate surface area is 240 Å². The molecule has 4 aromatic carbocycles. The molecule has 0 unspecified atom stereocenters. The first-order chi connectivity index (χ1) is 20.2. The van der Waals surface area contributed by atoms with E-state index in [4.69, 9.17) is 0 Å². The van der Waals surface area contributed by atoms with Gasteiger partial charge >= 0.3 is 0 Å². The highest BCUT2D eigenvalue weighted by molar-refractivity contribution is 6.25. The number of rotatable bonds is 7. The fourth-order valence-corrected chi connectivity index (χ4v) is 4.78. The lowest BCUT2D eigenvalue weighted by Crippen LogP contribution is -2.57. The van der Waals surface area contributed by atoms with Crippen LogP contribution in [0.2, 0.25) is 0 Å². The zero-order valence-electron chi connectivity index (χ0n) is 22.5. The number of hydrogen-bond donors (Lipinski definition) is 2. The summed E-state index contributed by atoms with van der Waals surface area (Å²) in [6.45, 7) is 1.38. The largest absolute Gasteiger partial charge is 0.344 e. The first kappa shape index (κ1) is 28.2. The topological polar surface area (TPSA) is 98.8 Å². The Hall–Kier alpha value is -5.38. The van der Waals surface area contributed by atoms with E-state index < -0.39 is 47.3 Å². The number of para-hydroxylation sites is 4. The number of carbonyl (C=O) groups is 4. The molecule has 1 heterocycles. The number of nitrogens with one attached hydrogen (secondary N) is 2. The van der Waals surface area contributed by atoms with E-state index in [1.54, 1.807) is 84.9 Å². The molecule has 0 spiro atoms. The number of benzene rings is 4. The highest BCUT2D eigenvalue weighted by atomic mass is 19.1. The first-order valence-electron chi connectivity index (χ1n) is 13.1. The van der Waals surface area contributed by atoms with Crippen LogP contribution in [0.4, 0.5) is 31.5 Å².